The van der Waals surface area contributed by atoms with E-state index in [4.69, 9.17) is 17.3 Å². The van der Waals surface area contributed by atoms with Crippen LogP contribution in [0.3, 0.4) is 0 Å². The van der Waals surface area contributed by atoms with E-state index >= 15 is 0 Å². The van der Waals surface area contributed by atoms with Crippen LogP contribution in [0, 0.1) is 5.41 Å². The molecule has 0 bridgehead atoms. The number of hydrogen-bond acceptors (Lipinski definition) is 3. The zero-order valence-electron chi connectivity index (χ0n) is 15.5. The molecule has 1 aliphatic heterocycles. The van der Waals surface area contributed by atoms with Gasteiger partial charge in [-0.3, -0.25) is 9.59 Å². The summed E-state index contributed by atoms with van der Waals surface area (Å²) in [4.78, 5) is 29.0. The van der Waals surface area contributed by atoms with Crippen LogP contribution in [-0.4, -0.2) is 54.3 Å². The van der Waals surface area contributed by atoms with Crippen molar-refractivity contribution in [2.75, 3.05) is 32.7 Å². The summed E-state index contributed by atoms with van der Waals surface area (Å²) in [6.07, 6.45) is 1.78. The number of halogens is 2. The second-order valence-electron chi connectivity index (χ2n) is 6.63. The molecule has 2 rings (SSSR count). The predicted molar refractivity (Wildman–Crippen MR) is 108 cm³/mol. The van der Waals surface area contributed by atoms with Gasteiger partial charge in [-0.15, -0.1) is 12.4 Å². The Bertz CT molecular complexity index is 604. The Hall–Kier alpha value is -1.30. The van der Waals surface area contributed by atoms with Crippen LogP contribution in [0.4, 0.5) is 0 Å². The standard InChI is InChI=1S/C19H28ClN3O2.ClH/c1-3-19(4-2,14-21)18(25)23-11-9-22(10-12-23)17(24)13-15-7-5-6-8-16(15)20;/h5-8H,3-4,9-14,21H2,1-2H3;1H. The molecule has 0 atom stereocenters. The lowest BCUT2D eigenvalue weighted by molar-refractivity contribution is -0.147. The third-order valence-corrected chi connectivity index (χ3v) is 5.79. The maximum absolute atomic E-state index is 12.9. The van der Waals surface area contributed by atoms with Gasteiger partial charge in [0.2, 0.25) is 11.8 Å². The summed E-state index contributed by atoms with van der Waals surface area (Å²) in [5.74, 6) is 0.175. The largest absolute Gasteiger partial charge is 0.339 e. The molecule has 0 radical (unpaired) electrons. The van der Waals surface area contributed by atoms with Crippen molar-refractivity contribution in [2.24, 2.45) is 11.1 Å². The fourth-order valence-corrected chi connectivity index (χ4v) is 3.54. The van der Waals surface area contributed by atoms with Gasteiger partial charge >= 0.3 is 0 Å². The highest BCUT2D eigenvalue weighted by Crippen LogP contribution is 2.28. The summed E-state index contributed by atoms with van der Waals surface area (Å²) < 4.78 is 0. The number of hydrogen-bond donors (Lipinski definition) is 1. The molecule has 2 N–H and O–H groups in total. The summed E-state index contributed by atoms with van der Waals surface area (Å²) >= 11 is 6.13. The summed E-state index contributed by atoms with van der Waals surface area (Å²) in [5.41, 5.74) is 6.26. The Labute approximate surface area is 167 Å². The molecule has 146 valence electrons. The minimum Gasteiger partial charge on any atom is -0.339 e. The monoisotopic (exact) mass is 401 g/mol. The first-order valence-corrected chi connectivity index (χ1v) is 9.35. The van der Waals surface area contributed by atoms with Gasteiger partial charge in [-0.05, 0) is 24.5 Å². The number of carbonyl (C=O) groups is 2. The molecule has 1 saturated heterocycles. The molecule has 7 heteroatoms. The molecule has 0 saturated carbocycles. The Morgan fingerprint density at radius 2 is 1.62 bits per heavy atom. The number of piperazine rings is 1. The molecular formula is C19H29Cl2N3O2. The van der Waals surface area contributed by atoms with E-state index in [1.54, 1.807) is 6.07 Å². The molecular weight excluding hydrogens is 373 g/mol. The quantitative estimate of drug-likeness (QED) is 0.796. The van der Waals surface area contributed by atoms with E-state index in [-0.39, 0.29) is 24.2 Å². The van der Waals surface area contributed by atoms with Gasteiger partial charge in [0.1, 0.15) is 0 Å². The van der Waals surface area contributed by atoms with Gasteiger partial charge in [-0.2, -0.15) is 0 Å². The van der Waals surface area contributed by atoms with Crippen LogP contribution in [0.1, 0.15) is 32.3 Å². The first-order chi connectivity index (χ1) is 12.0. The van der Waals surface area contributed by atoms with Crippen LogP contribution < -0.4 is 5.73 Å². The minimum absolute atomic E-state index is 0. The van der Waals surface area contributed by atoms with Gasteiger partial charge in [0, 0.05) is 37.7 Å². The number of carbonyl (C=O) groups excluding carboxylic acids is 2. The molecule has 0 aromatic heterocycles. The van der Waals surface area contributed by atoms with Gasteiger partial charge in [0.15, 0.2) is 0 Å². The van der Waals surface area contributed by atoms with Gasteiger partial charge in [-0.1, -0.05) is 43.6 Å². The van der Waals surface area contributed by atoms with Crippen LogP contribution in [0.25, 0.3) is 0 Å². The molecule has 2 amide bonds. The van der Waals surface area contributed by atoms with Crippen molar-refractivity contribution in [2.45, 2.75) is 33.1 Å². The predicted octanol–water partition coefficient (Wildman–Crippen LogP) is 2.74. The fourth-order valence-electron chi connectivity index (χ4n) is 3.34. The minimum atomic E-state index is -0.469. The van der Waals surface area contributed by atoms with Crippen LogP contribution in [-0.2, 0) is 16.0 Å². The Balaban J connectivity index is 0.00000338. The lowest BCUT2D eigenvalue weighted by Gasteiger charge is -2.40. The van der Waals surface area contributed by atoms with E-state index in [9.17, 15) is 9.59 Å². The molecule has 1 heterocycles. The maximum Gasteiger partial charge on any atom is 0.230 e. The highest BCUT2D eigenvalue weighted by Gasteiger charge is 2.38. The average Bonchev–Trinajstić information content (AvgIpc) is 2.65. The van der Waals surface area contributed by atoms with Gasteiger partial charge < -0.3 is 15.5 Å². The lowest BCUT2D eigenvalue weighted by Crippen LogP contribution is -2.55. The van der Waals surface area contributed by atoms with Crippen molar-refractivity contribution < 1.29 is 9.59 Å². The molecule has 1 aliphatic rings. The van der Waals surface area contributed by atoms with Gasteiger partial charge in [0.25, 0.3) is 0 Å². The highest BCUT2D eigenvalue weighted by molar-refractivity contribution is 6.31. The first-order valence-electron chi connectivity index (χ1n) is 8.98. The highest BCUT2D eigenvalue weighted by atomic mass is 35.5. The van der Waals surface area contributed by atoms with E-state index < -0.39 is 5.41 Å². The summed E-state index contributed by atoms with van der Waals surface area (Å²) in [7, 11) is 0. The number of amides is 2. The van der Waals surface area contributed by atoms with Crippen molar-refractivity contribution in [1.29, 1.82) is 0 Å². The van der Waals surface area contributed by atoms with Gasteiger partial charge in [-0.25, -0.2) is 0 Å². The van der Waals surface area contributed by atoms with Crippen molar-refractivity contribution in [1.82, 2.24) is 9.80 Å². The van der Waals surface area contributed by atoms with E-state index in [0.29, 0.717) is 44.2 Å². The fraction of sp³-hybridized carbons (Fsp3) is 0.579. The molecule has 0 spiro atoms. The number of rotatable bonds is 6. The van der Waals surface area contributed by atoms with Crippen LogP contribution >= 0.6 is 24.0 Å². The SMILES string of the molecule is CCC(CC)(CN)C(=O)N1CCN(C(=O)Cc2ccccc2Cl)CC1.Cl. The van der Waals surface area contributed by atoms with Crippen LogP contribution in [0.5, 0.6) is 0 Å². The van der Waals surface area contributed by atoms with Crippen molar-refractivity contribution in [3.05, 3.63) is 34.9 Å². The van der Waals surface area contributed by atoms with Crippen LogP contribution in [0.15, 0.2) is 24.3 Å². The van der Waals surface area contributed by atoms with E-state index in [0.717, 1.165) is 18.4 Å². The van der Waals surface area contributed by atoms with Crippen LogP contribution in [0.2, 0.25) is 5.02 Å². The number of nitrogens with two attached hydrogens (primary N) is 1. The topological polar surface area (TPSA) is 66.6 Å². The lowest BCUT2D eigenvalue weighted by atomic mass is 9.81. The van der Waals surface area contributed by atoms with Gasteiger partial charge in [0.05, 0.1) is 11.8 Å². The Morgan fingerprint density at radius 1 is 1.08 bits per heavy atom. The molecule has 5 nitrogen and oxygen atoms in total. The first kappa shape index (κ1) is 22.7. The molecule has 0 unspecified atom stereocenters. The van der Waals surface area contributed by atoms with Crippen molar-refractivity contribution >= 4 is 35.8 Å². The number of nitrogens with zero attached hydrogens (tertiary/aromatic N) is 2. The molecule has 0 aliphatic carbocycles. The Morgan fingerprint density at radius 3 is 2.12 bits per heavy atom. The van der Waals surface area contributed by atoms with E-state index in [2.05, 4.69) is 0 Å². The zero-order valence-corrected chi connectivity index (χ0v) is 17.1. The summed E-state index contributed by atoms with van der Waals surface area (Å²) in [6.45, 7) is 6.63. The van der Waals surface area contributed by atoms with E-state index in [1.165, 1.54) is 0 Å². The molecule has 26 heavy (non-hydrogen) atoms. The third kappa shape index (κ3) is 4.90. The molecule has 1 aromatic rings. The molecule has 1 fully saturated rings. The summed E-state index contributed by atoms with van der Waals surface area (Å²) in [6, 6.07) is 7.40. The second-order valence-corrected chi connectivity index (χ2v) is 7.04. The second kappa shape index (κ2) is 10.1. The zero-order chi connectivity index (χ0) is 18.4. The van der Waals surface area contributed by atoms with Crippen molar-refractivity contribution in [3.8, 4) is 0 Å². The Kier molecular flexibility index (Phi) is 8.87. The third-order valence-electron chi connectivity index (χ3n) is 5.42. The normalized spacial score (nSPS) is 14.8. The average molecular weight is 402 g/mol. The summed E-state index contributed by atoms with van der Waals surface area (Å²) in [5, 5.41) is 0.614. The van der Waals surface area contributed by atoms with E-state index in [1.807, 2.05) is 41.8 Å². The maximum atomic E-state index is 12.9. The number of benzene rings is 1. The molecule has 1 aromatic carbocycles. The smallest absolute Gasteiger partial charge is 0.230 e. The van der Waals surface area contributed by atoms with Crippen molar-refractivity contribution in [3.63, 3.8) is 0 Å².